The van der Waals surface area contributed by atoms with E-state index in [-0.39, 0.29) is 12.3 Å². The van der Waals surface area contributed by atoms with E-state index < -0.39 is 11.8 Å². The third-order valence-electron chi connectivity index (χ3n) is 6.59. The van der Waals surface area contributed by atoms with E-state index in [0.717, 1.165) is 36.4 Å². The number of aryl methyl sites for hydroxylation is 1. The van der Waals surface area contributed by atoms with Crippen molar-refractivity contribution in [2.75, 3.05) is 13.1 Å². The second-order valence-corrected chi connectivity index (χ2v) is 9.24. The predicted molar refractivity (Wildman–Crippen MR) is 139 cm³/mol. The molecule has 0 saturated carbocycles. The summed E-state index contributed by atoms with van der Waals surface area (Å²) in [5.41, 5.74) is 5.00. The molecule has 1 aliphatic heterocycles. The highest BCUT2D eigenvalue weighted by Crippen LogP contribution is 2.32. The molecule has 4 aromatic rings. The smallest absolute Gasteiger partial charge is 0.303 e. The SMILES string of the molecule is O=C(O)CCc1cccc(C(=Nc2ccc(CN3CCCC3)cc2)c2c(O)[nH]c3cc(F)ccc23)c1. The highest BCUT2D eigenvalue weighted by atomic mass is 19.1. The quantitative estimate of drug-likeness (QED) is 0.276. The minimum atomic E-state index is -0.861. The minimum absolute atomic E-state index is 0.0199. The molecule has 6 nitrogen and oxygen atoms in total. The lowest BCUT2D eigenvalue weighted by Crippen LogP contribution is -2.18. The van der Waals surface area contributed by atoms with Crippen LogP contribution >= 0.6 is 0 Å². The zero-order valence-corrected chi connectivity index (χ0v) is 19.9. The summed E-state index contributed by atoms with van der Waals surface area (Å²) in [5.74, 6) is -1.37. The van der Waals surface area contributed by atoms with Crippen LogP contribution in [-0.4, -0.2) is 44.9 Å². The van der Waals surface area contributed by atoms with Crippen molar-refractivity contribution in [2.24, 2.45) is 4.99 Å². The van der Waals surface area contributed by atoms with Gasteiger partial charge in [0.05, 0.1) is 22.5 Å². The van der Waals surface area contributed by atoms with Gasteiger partial charge in [0.1, 0.15) is 5.82 Å². The number of aromatic hydroxyl groups is 1. The van der Waals surface area contributed by atoms with E-state index in [4.69, 9.17) is 10.1 Å². The first-order valence-electron chi connectivity index (χ1n) is 12.2. The number of hydrogen-bond acceptors (Lipinski definition) is 4. The molecule has 0 spiro atoms. The van der Waals surface area contributed by atoms with Gasteiger partial charge in [0.15, 0.2) is 5.88 Å². The number of aromatic nitrogens is 1. The number of carboxylic acids is 1. The largest absolute Gasteiger partial charge is 0.494 e. The molecule has 0 bridgehead atoms. The number of fused-ring (bicyclic) bond motifs is 1. The Bertz CT molecular complexity index is 1420. The number of aliphatic imine (C=N–C) groups is 1. The normalized spacial score (nSPS) is 14.5. The number of halogens is 1. The summed E-state index contributed by atoms with van der Waals surface area (Å²) in [5, 5.41) is 20.6. The van der Waals surface area contributed by atoms with Crippen molar-refractivity contribution >= 4 is 28.3 Å². The summed E-state index contributed by atoms with van der Waals surface area (Å²) in [6.07, 6.45) is 2.89. The number of rotatable bonds is 8. The van der Waals surface area contributed by atoms with E-state index in [1.807, 2.05) is 36.4 Å². The van der Waals surface area contributed by atoms with Crippen molar-refractivity contribution in [3.05, 3.63) is 94.8 Å². The molecule has 0 aliphatic carbocycles. The van der Waals surface area contributed by atoms with E-state index in [1.54, 1.807) is 6.07 Å². The summed E-state index contributed by atoms with van der Waals surface area (Å²) in [6.45, 7) is 3.17. The van der Waals surface area contributed by atoms with Crippen LogP contribution in [0.4, 0.5) is 10.1 Å². The molecule has 0 atom stereocenters. The third kappa shape index (κ3) is 5.31. The number of aliphatic carboxylic acids is 1. The molecular formula is C29H28FN3O3. The van der Waals surface area contributed by atoms with Gasteiger partial charge >= 0.3 is 5.97 Å². The molecular weight excluding hydrogens is 457 g/mol. The Morgan fingerprint density at radius 2 is 1.78 bits per heavy atom. The summed E-state index contributed by atoms with van der Waals surface area (Å²) >= 11 is 0. The van der Waals surface area contributed by atoms with Gasteiger partial charge in [0, 0.05) is 23.9 Å². The molecule has 5 rings (SSSR count). The molecule has 3 aromatic carbocycles. The van der Waals surface area contributed by atoms with Gasteiger partial charge in [-0.1, -0.05) is 30.3 Å². The Kier molecular flexibility index (Phi) is 6.82. The highest BCUT2D eigenvalue weighted by Gasteiger charge is 2.20. The van der Waals surface area contributed by atoms with Crippen LogP contribution in [0.5, 0.6) is 5.88 Å². The van der Waals surface area contributed by atoms with Crippen molar-refractivity contribution in [1.82, 2.24) is 9.88 Å². The molecule has 1 aliphatic rings. The number of nitrogens with one attached hydrogen (secondary N) is 1. The van der Waals surface area contributed by atoms with E-state index in [2.05, 4.69) is 22.0 Å². The van der Waals surface area contributed by atoms with Gasteiger partial charge in [0.2, 0.25) is 0 Å². The number of aromatic amines is 1. The molecule has 1 saturated heterocycles. The Morgan fingerprint density at radius 1 is 1.00 bits per heavy atom. The lowest BCUT2D eigenvalue weighted by atomic mass is 9.97. The monoisotopic (exact) mass is 485 g/mol. The first-order chi connectivity index (χ1) is 17.5. The van der Waals surface area contributed by atoms with Gasteiger partial charge in [0.25, 0.3) is 0 Å². The van der Waals surface area contributed by atoms with Crippen LogP contribution in [0.25, 0.3) is 10.9 Å². The predicted octanol–water partition coefficient (Wildman–Crippen LogP) is 5.79. The maximum atomic E-state index is 13.9. The summed E-state index contributed by atoms with van der Waals surface area (Å²) in [4.78, 5) is 21.3. The van der Waals surface area contributed by atoms with Crippen LogP contribution < -0.4 is 0 Å². The van der Waals surface area contributed by atoms with Crippen molar-refractivity contribution < 1.29 is 19.4 Å². The van der Waals surface area contributed by atoms with Crippen molar-refractivity contribution in [3.8, 4) is 5.88 Å². The van der Waals surface area contributed by atoms with E-state index >= 15 is 0 Å². The Labute approximate surface area is 208 Å². The van der Waals surface area contributed by atoms with Crippen LogP contribution in [-0.2, 0) is 17.8 Å². The topological polar surface area (TPSA) is 88.9 Å². The Morgan fingerprint density at radius 3 is 2.53 bits per heavy atom. The first-order valence-corrected chi connectivity index (χ1v) is 12.2. The lowest BCUT2D eigenvalue weighted by Gasteiger charge is -2.14. The summed E-state index contributed by atoms with van der Waals surface area (Å²) < 4.78 is 13.9. The first kappa shape index (κ1) is 23.8. The number of benzene rings is 3. The Balaban J connectivity index is 1.56. The van der Waals surface area contributed by atoms with Crippen LogP contribution in [0, 0.1) is 5.82 Å². The second-order valence-electron chi connectivity index (χ2n) is 9.24. The molecule has 1 fully saturated rings. The van der Waals surface area contributed by atoms with Gasteiger partial charge in [-0.3, -0.25) is 9.69 Å². The average Bonchev–Trinajstić information content (AvgIpc) is 3.49. The van der Waals surface area contributed by atoms with Crippen LogP contribution in [0.3, 0.4) is 0 Å². The fourth-order valence-corrected chi connectivity index (χ4v) is 4.79. The zero-order chi connectivity index (χ0) is 25.1. The average molecular weight is 486 g/mol. The van der Waals surface area contributed by atoms with Gasteiger partial charge in [-0.15, -0.1) is 0 Å². The van der Waals surface area contributed by atoms with Crippen LogP contribution in [0.15, 0.2) is 71.7 Å². The third-order valence-corrected chi connectivity index (χ3v) is 6.59. The molecule has 7 heteroatoms. The van der Waals surface area contributed by atoms with E-state index in [0.29, 0.717) is 28.6 Å². The molecule has 184 valence electrons. The van der Waals surface area contributed by atoms with E-state index in [9.17, 15) is 14.3 Å². The van der Waals surface area contributed by atoms with Gasteiger partial charge < -0.3 is 15.2 Å². The maximum absolute atomic E-state index is 13.9. The van der Waals surface area contributed by atoms with Crippen LogP contribution in [0.2, 0.25) is 0 Å². The van der Waals surface area contributed by atoms with Gasteiger partial charge in [-0.05, 0) is 79.9 Å². The minimum Gasteiger partial charge on any atom is -0.494 e. The van der Waals surface area contributed by atoms with Crippen molar-refractivity contribution in [2.45, 2.75) is 32.2 Å². The molecule has 0 unspecified atom stereocenters. The van der Waals surface area contributed by atoms with Crippen LogP contribution in [0.1, 0.15) is 41.5 Å². The second kappa shape index (κ2) is 10.3. The van der Waals surface area contributed by atoms with Gasteiger partial charge in [-0.25, -0.2) is 9.38 Å². The van der Waals surface area contributed by atoms with E-state index in [1.165, 1.54) is 30.5 Å². The maximum Gasteiger partial charge on any atom is 0.303 e. The summed E-state index contributed by atoms with van der Waals surface area (Å²) in [7, 11) is 0. The number of H-pyrrole nitrogens is 1. The highest BCUT2D eigenvalue weighted by molar-refractivity contribution is 6.21. The number of carboxylic acid groups (broad SMARTS) is 1. The Hall–Kier alpha value is -3.97. The fraction of sp³-hybridized carbons (Fsp3) is 0.241. The summed E-state index contributed by atoms with van der Waals surface area (Å²) in [6, 6.07) is 19.9. The lowest BCUT2D eigenvalue weighted by molar-refractivity contribution is -0.136. The number of nitrogens with zero attached hydrogens (tertiary/aromatic N) is 2. The van der Waals surface area contributed by atoms with Crippen molar-refractivity contribution in [3.63, 3.8) is 0 Å². The standard InChI is InChI=1S/C29H28FN3O3/c30-22-9-12-24-25(17-22)32-29(36)27(24)28(21-5-3-4-19(16-21)8-13-26(34)35)31-23-10-6-20(7-11-23)18-33-14-1-2-15-33/h3-7,9-12,16-17,32,36H,1-2,8,13-15,18H2,(H,34,35). The molecule has 1 aromatic heterocycles. The molecule has 3 N–H and O–H groups in total. The molecule has 2 heterocycles. The molecule has 36 heavy (non-hydrogen) atoms. The fourth-order valence-electron chi connectivity index (χ4n) is 4.79. The number of carbonyl (C=O) groups is 1. The zero-order valence-electron chi connectivity index (χ0n) is 19.9. The number of hydrogen-bond donors (Lipinski definition) is 3. The molecule has 0 radical (unpaired) electrons. The molecule has 0 amide bonds. The van der Waals surface area contributed by atoms with Gasteiger partial charge in [-0.2, -0.15) is 0 Å². The van der Waals surface area contributed by atoms with Crippen molar-refractivity contribution in [1.29, 1.82) is 0 Å². The number of likely N-dealkylation sites (tertiary alicyclic amines) is 1.